The molecule has 0 aromatic rings. The van der Waals surface area contributed by atoms with Gasteiger partial charge in [0.15, 0.2) is 0 Å². The van der Waals surface area contributed by atoms with E-state index in [1.54, 1.807) is 0 Å². The smallest absolute Gasteiger partial charge is 0.450 e. The van der Waals surface area contributed by atoms with Crippen LogP contribution in [0.4, 0.5) is 13.2 Å². The van der Waals surface area contributed by atoms with E-state index in [1.807, 2.05) is 13.0 Å². The van der Waals surface area contributed by atoms with Crippen molar-refractivity contribution < 1.29 is 41.8 Å². The summed E-state index contributed by atoms with van der Waals surface area (Å²) in [5.41, 5.74) is -0.313. The van der Waals surface area contributed by atoms with E-state index in [1.165, 1.54) is 13.0 Å². The number of carbonyl (C=O) groups is 3. The molecule has 4 aliphatic rings. The molecule has 4 aliphatic carbocycles. The highest BCUT2D eigenvalue weighted by Crippen LogP contribution is 2.65. The van der Waals surface area contributed by atoms with Crippen molar-refractivity contribution >= 4 is 17.9 Å². The van der Waals surface area contributed by atoms with E-state index in [0.29, 0.717) is 0 Å². The summed E-state index contributed by atoms with van der Waals surface area (Å²) in [4.78, 5) is 35.1. The second kappa shape index (κ2) is 9.06. The standard InChI is InChI=1S/C27H33F3O6/c1-14(31)34-22-12-17-6-7-18-20-8-9-23(35-15(2)32)25(20,4)11-10-21(18)26(17,5)13-19(22)24(27(28,29)30)36-16(3)33/h6,12,18,20-21,23H,7-11,13H2,1-5H3. The topological polar surface area (TPSA) is 78.9 Å². The lowest BCUT2D eigenvalue weighted by molar-refractivity contribution is -0.159. The number of carbonyl (C=O) groups excluding carboxylic acids is 3. The molecular formula is C27H33F3O6. The number of esters is 3. The fourth-order valence-electron chi connectivity index (χ4n) is 7.48. The number of allylic oxidation sites excluding steroid dienone is 5. The Bertz CT molecular complexity index is 1070. The SMILES string of the molecule is CC(=O)OC1=CC2=CCC3C(CCC4(C)C(OC(C)=O)CCC34)C2(C)CC1=C(OC(C)=O)C(F)(F)F. The number of hydrogen-bond acceptors (Lipinski definition) is 6. The van der Waals surface area contributed by atoms with Crippen molar-refractivity contribution in [2.24, 2.45) is 28.6 Å². The highest BCUT2D eigenvalue weighted by atomic mass is 19.4. The Hall–Kier alpha value is -2.58. The normalized spacial score (nSPS) is 36.9. The predicted molar refractivity (Wildman–Crippen MR) is 123 cm³/mol. The van der Waals surface area contributed by atoms with E-state index in [9.17, 15) is 27.6 Å². The van der Waals surface area contributed by atoms with E-state index in [-0.39, 0.29) is 53.0 Å². The molecule has 0 aromatic carbocycles. The third-order valence-electron chi connectivity index (χ3n) is 8.91. The highest BCUT2D eigenvalue weighted by Gasteiger charge is 2.60. The van der Waals surface area contributed by atoms with Gasteiger partial charge in [-0.25, -0.2) is 0 Å². The van der Waals surface area contributed by atoms with Crippen molar-refractivity contribution in [1.82, 2.24) is 0 Å². The van der Waals surface area contributed by atoms with Gasteiger partial charge in [-0.2, -0.15) is 13.2 Å². The first-order valence-electron chi connectivity index (χ1n) is 12.4. The largest absolute Gasteiger partial charge is 0.462 e. The van der Waals surface area contributed by atoms with Crippen LogP contribution in [0.3, 0.4) is 0 Å². The van der Waals surface area contributed by atoms with Crippen LogP contribution in [-0.2, 0) is 28.6 Å². The molecule has 0 N–H and O–H groups in total. The maximum Gasteiger partial charge on any atom is 0.450 e. The highest BCUT2D eigenvalue weighted by molar-refractivity contribution is 5.70. The Kier molecular flexibility index (Phi) is 6.67. The lowest BCUT2D eigenvalue weighted by atomic mass is 9.48. The molecule has 6 atom stereocenters. The van der Waals surface area contributed by atoms with Gasteiger partial charge in [0, 0.05) is 31.8 Å². The second-order valence-corrected chi connectivity index (χ2v) is 11.1. The number of alkyl halides is 3. The second-order valence-electron chi connectivity index (χ2n) is 11.1. The molecular weight excluding hydrogens is 477 g/mol. The van der Waals surface area contributed by atoms with Gasteiger partial charge in [-0.1, -0.05) is 19.9 Å². The molecule has 9 heteroatoms. The van der Waals surface area contributed by atoms with Gasteiger partial charge in [0.05, 0.1) is 0 Å². The van der Waals surface area contributed by atoms with Crippen LogP contribution in [-0.4, -0.2) is 30.2 Å². The maximum atomic E-state index is 14.1. The minimum absolute atomic E-state index is 0.0714. The van der Waals surface area contributed by atoms with E-state index in [2.05, 4.69) is 11.7 Å². The molecule has 6 nitrogen and oxygen atoms in total. The minimum atomic E-state index is -4.94. The minimum Gasteiger partial charge on any atom is -0.462 e. The summed E-state index contributed by atoms with van der Waals surface area (Å²) < 4.78 is 57.8. The molecule has 2 saturated carbocycles. The molecule has 0 bridgehead atoms. The van der Waals surface area contributed by atoms with E-state index in [4.69, 9.17) is 9.47 Å². The summed E-state index contributed by atoms with van der Waals surface area (Å²) >= 11 is 0. The van der Waals surface area contributed by atoms with Gasteiger partial charge in [-0.15, -0.1) is 0 Å². The van der Waals surface area contributed by atoms with Crippen LogP contribution in [0, 0.1) is 28.6 Å². The molecule has 0 amide bonds. The van der Waals surface area contributed by atoms with Gasteiger partial charge in [0.2, 0.25) is 5.76 Å². The number of ether oxygens (including phenoxy) is 3. The number of fused-ring (bicyclic) bond motifs is 5. The average molecular weight is 511 g/mol. The van der Waals surface area contributed by atoms with E-state index >= 15 is 0 Å². The molecule has 0 saturated heterocycles. The van der Waals surface area contributed by atoms with Gasteiger partial charge in [-0.05, 0) is 73.3 Å². The zero-order valence-corrected chi connectivity index (χ0v) is 21.3. The van der Waals surface area contributed by atoms with E-state index < -0.39 is 29.3 Å². The van der Waals surface area contributed by atoms with Gasteiger partial charge in [0.1, 0.15) is 11.9 Å². The maximum absolute atomic E-state index is 14.1. The van der Waals surface area contributed by atoms with Crippen LogP contribution < -0.4 is 0 Å². The third kappa shape index (κ3) is 4.50. The quantitative estimate of drug-likeness (QED) is 0.266. The summed E-state index contributed by atoms with van der Waals surface area (Å²) in [5, 5.41) is 0. The molecule has 4 rings (SSSR count). The lowest BCUT2D eigenvalue weighted by Gasteiger charge is -2.56. The molecule has 198 valence electrons. The summed E-state index contributed by atoms with van der Waals surface area (Å²) in [5.74, 6) is -3.24. The van der Waals surface area contributed by atoms with Crippen molar-refractivity contribution in [2.75, 3.05) is 0 Å². The zero-order valence-electron chi connectivity index (χ0n) is 21.3. The molecule has 0 aliphatic heterocycles. The number of rotatable bonds is 3. The first-order chi connectivity index (χ1) is 16.7. The Morgan fingerprint density at radius 2 is 1.67 bits per heavy atom. The third-order valence-corrected chi connectivity index (χ3v) is 8.91. The van der Waals surface area contributed by atoms with Gasteiger partial charge in [-0.3, -0.25) is 14.4 Å². The summed E-state index contributed by atoms with van der Waals surface area (Å²) in [6.45, 7) is 7.58. The predicted octanol–water partition coefficient (Wildman–Crippen LogP) is 5.93. The number of halogens is 3. The Labute approximate surface area is 208 Å². The van der Waals surface area contributed by atoms with Crippen LogP contribution in [0.15, 0.2) is 34.8 Å². The van der Waals surface area contributed by atoms with Crippen molar-refractivity contribution in [1.29, 1.82) is 0 Å². The van der Waals surface area contributed by atoms with Crippen LogP contribution in [0.1, 0.15) is 73.1 Å². The Balaban J connectivity index is 1.78. The Morgan fingerprint density at radius 3 is 2.25 bits per heavy atom. The zero-order chi connectivity index (χ0) is 26.6. The number of hydrogen-bond donors (Lipinski definition) is 0. The van der Waals surface area contributed by atoms with Gasteiger partial charge in [0.25, 0.3) is 0 Å². The first kappa shape index (κ1) is 26.5. The molecule has 2 fully saturated rings. The van der Waals surface area contributed by atoms with E-state index in [0.717, 1.165) is 51.5 Å². The van der Waals surface area contributed by atoms with Crippen molar-refractivity contribution in [2.45, 2.75) is 85.4 Å². The van der Waals surface area contributed by atoms with Crippen LogP contribution in [0.5, 0.6) is 0 Å². The van der Waals surface area contributed by atoms with Crippen molar-refractivity contribution in [3.8, 4) is 0 Å². The lowest BCUT2D eigenvalue weighted by Crippen LogP contribution is -2.51. The Morgan fingerprint density at radius 1 is 0.972 bits per heavy atom. The van der Waals surface area contributed by atoms with Gasteiger partial charge >= 0.3 is 24.1 Å². The average Bonchev–Trinajstić information content (AvgIpc) is 3.06. The molecule has 0 heterocycles. The summed E-state index contributed by atoms with van der Waals surface area (Å²) in [6, 6.07) is 0. The fourth-order valence-corrected chi connectivity index (χ4v) is 7.48. The van der Waals surface area contributed by atoms with Crippen LogP contribution in [0.2, 0.25) is 0 Å². The van der Waals surface area contributed by atoms with Crippen molar-refractivity contribution in [3.05, 3.63) is 34.8 Å². The van der Waals surface area contributed by atoms with Crippen molar-refractivity contribution in [3.63, 3.8) is 0 Å². The first-order valence-corrected chi connectivity index (χ1v) is 12.4. The van der Waals surface area contributed by atoms with Crippen LogP contribution in [0.25, 0.3) is 0 Å². The molecule has 0 spiro atoms. The van der Waals surface area contributed by atoms with Gasteiger partial charge < -0.3 is 14.2 Å². The monoisotopic (exact) mass is 510 g/mol. The molecule has 0 aromatic heterocycles. The summed E-state index contributed by atoms with van der Waals surface area (Å²) in [7, 11) is 0. The molecule has 36 heavy (non-hydrogen) atoms. The summed E-state index contributed by atoms with van der Waals surface area (Å²) in [6.07, 6.45) is 2.38. The fraction of sp³-hybridized carbons (Fsp3) is 0.667. The van der Waals surface area contributed by atoms with Crippen LogP contribution >= 0.6 is 0 Å². The molecule has 6 unspecified atom stereocenters. The molecule has 0 radical (unpaired) electrons.